The lowest BCUT2D eigenvalue weighted by Crippen LogP contribution is -2.29. The molecule has 0 aliphatic heterocycles. The molecule has 1 atom stereocenters. The van der Waals surface area contributed by atoms with E-state index in [-0.39, 0.29) is 11.9 Å². The Bertz CT molecular complexity index is 760. The van der Waals surface area contributed by atoms with Crippen molar-refractivity contribution >= 4 is 10.9 Å². The maximum absolute atomic E-state index is 13.7. The Kier molecular flexibility index (Phi) is 3.64. The molecule has 0 fully saturated rings. The van der Waals surface area contributed by atoms with Crippen LogP contribution >= 0.6 is 0 Å². The van der Waals surface area contributed by atoms with Crippen LogP contribution in [0.1, 0.15) is 22.7 Å². The van der Waals surface area contributed by atoms with Crippen molar-refractivity contribution in [1.82, 2.24) is 10.4 Å². The number of hydrazine groups is 1. The number of nitrogens with zero attached hydrogens (tertiary/aromatic N) is 1. The smallest absolute Gasteiger partial charge is 0.123 e. The number of nitrogens with two attached hydrogens (primary N) is 1. The molecule has 3 nitrogen and oxygen atoms in total. The summed E-state index contributed by atoms with van der Waals surface area (Å²) in [5.74, 6) is 5.47. The van der Waals surface area contributed by atoms with E-state index in [1.165, 1.54) is 12.1 Å². The Morgan fingerprint density at radius 2 is 1.95 bits per heavy atom. The van der Waals surface area contributed by atoms with Crippen molar-refractivity contribution in [2.75, 3.05) is 0 Å². The molecular formula is C17H16FN3. The summed E-state index contributed by atoms with van der Waals surface area (Å²) in [4.78, 5) is 4.34. The summed E-state index contributed by atoms with van der Waals surface area (Å²) in [5.41, 5.74) is 6.32. The van der Waals surface area contributed by atoms with E-state index in [0.717, 1.165) is 27.6 Å². The van der Waals surface area contributed by atoms with Gasteiger partial charge in [0, 0.05) is 11.6 Å². The van der Waals surface area contributed by atoms with Gasteiger partial charge >= 0.3 is 0 Å². The first kappa shape index (κ1) is 13.7. The average Bonchev–Trinajstić information content (AvgIpc) is 2.47. The number of aromatic nitrogens is 1. The van der Waals surface area contributed by atoms with E-state index >= 15 is 0 Å². The van der Waals surface area contributed by atoms with Gasteiger partial charge in [0.2, 0.25) is 0 Å². The molecule has 2 aromatic carbocycles. The summed E-state index contributed by atoms with van der Waals surface area (Å²) >= 11 is 0. The maximum Gasteiger partial charge on any atom is 0.123 e. The highest BCUT2D eigenvalue weighted by Gasteiger charge is 2.16. The molecule has 106 valence electrons. The van der Waals surface area contributed by atoms with Crippen LogP contribution in [0.5, 0.6) is 0 Å². The Balaban J connectivity index is 2.18. The van der Waals surface area contributed by atoms with Gasteiger partial charge in [-0.15, -0.1) is 0 Å². The molecule has 0 radical (unpaired) electrons. The highest BCUT2D eigenvalue weighted by Crippen LogP contribution is 2.28. The van der Waals surface area contributed by atoms with Gasteiger partial charge in [-0.25, -0.2) is 9.82 Å². The zero-order chi connectivity index (χ0) is 14.8. The number of pyridine rings is 1. The summed E-state index contributed by atoms with van der Waals surface area (Å²) in [6, 6.07) is 14.4. The third-order valence-electron chi connectivity index (χ3n) is 3.56. The van der Waals surface area contributed by atoms with Crippen LogP contribution in [0.2, 0.25) is 0 Å². The van der Waals surface area contributed by atoms with Crippen LogP contribution in [-0.2, 0) is 0 Å². The molecule has 1 heterocycles. The van der Waals surface area contributed by atoms with Crippen LogP contribution in [0.25, 0.3) is 10.9 Å². The first-order chi connectivity index (χ1) is 10.2. The molecular weight excluding hydrogens is 265 g/mol. The topological polar surface area (TPSA) is 50.9 Å². The molecule has 0 amide bonds. The van der Waals surface area contributed by atoms with Crippen LogP contribution in [0, 0.1) is 12.7 Å². The van der Waals surface area contributed by atoms with E-state index in [4.69, 9.17) is 5.84 Å². The van der Waals surface area contributed by atoms with E-state index in [1.807, 2.05) is 43.3 Å². The van der Waals surface area contributed by atoms with Gasteiger partial charge in [0.25, 0.3) is 0 Å². The van der Waals surface area contributed by atoms with Crippen LogP contribution in [0.15, 0.2) is 54.7 Å². The van der Waals surface area contributed by atoms with Gasteiger partial charge < -0.3 is 0 Å². The van der Waals surface area contributed by atoms with Gasteiger partial charge in [0.1, 0.15) is 5.82 Å². The van der Waals surface area contributed by atoms with Crippen LogP contribution in [0.3, 0.4) is 0 Å². The van der Waals surface area contributed by atoms with Gasteiger partial charge in [-0.2, -0.15) is 0 Å². The lowest BCUT2D eigenvalue weighted by atomic mass is 9.95. The second-order valence-electron chi connectivity index (χ2n) is 5.08. The van der Waals surface area contributed by atoms with Gasteiger partial charge in [0.15, 0.2) is 0 Å². The molecule has 0 aliphatic carbocycles. The predicted octanol–water partition coefficient (Wildman–Crippen LogP) is 3.24. The molecule has 0 saturated carbocycles. The van der Waals surface area contributed by atoms with Gasteiger partial charge in [-0.3, -0.25) is 10.8 Å². The summed E-state index contributed by atoms with van der Waals surface area (Å²) in [5, 5.41) is 1.00. The van der Waals surface area contributed by atoms with Gasteiger partial charge in [-0.1, -0.05) is 24.3 Å². The number of rotatable bonds is 3. The summed E-state index contributed by atoms with van der Waals surface area (Å²) < 4.78 is 13.7. The third-order valence-corrected chi connectivity index (χ3v) is 3.56. The summed E-state index contributed by atoms with van der Waals surface area (Å²) in [7, 11) is 0. The molecule has 1 unspecified atom stereocenters. The van der Waals surface area contributed by atoms with Crippen molar-refractivity contribution in [3.05, 3.63) is 77.2 Å². The number of hydrogen-bond acceptors (Lipinski definition) is 3. The fourth-order valence-corrected chi connectivity index (χ4v) is 2.67. The maximum atomic E-state index is 13.7. The molecule has 1 aromatic heterocycles. The standard InChI is InChI=1S/C17H16FN3/c1-11-8-12(10-13(18)9-11)17(21-19)15-6-7-20-16-5-3-2-4-14(15)16/h2-10,17,21H,19H2,1H3. The molecule has 3 aromatic rings. The number of hydrogen-bond donors (Lipinski definition) is 2. The normalized spacial score (nSPS) is 12.5. The molecule has 3 rings (SSSR count). The zero-order valence-corrected chi connectivity index (χ0v) is 11.7. The van der Waals surface area contributed by atoms with Crippen LogP contribution < -0.4 is 11.3 Å². The fourth-order valence-electron chi connectivity index (χ4n) is 2.67. The lowest BCUT2D eigenvalue weighted by Gasteiger charge is -2.19. The molecule has 4 heteroatoms. The molecule has 3 N–H and O–H groups in total. The van der Waals surface area contributed by atoms with Gasteiger partial charge in [-0.05, 0) is 47.9 Å². The monoisotopic (exact) mass is 281 g/mol. The van der Waals surface area contributed by atoms with Crippen LogP contribution in [-0.4, -0.2) is 4.98 Å². The first-order valence-electron chi connectivity index (χ1n) is 6.76. The molecule has 21 heavy (non-hydrogen) atoms. The molecule has 0 aliphatic rings. The zero-order valence-electron chi connectivity index (χ0n) is 11.7. The number of para-hydroxylation sites is 1. The van der Waals surface area contributed by atoms with E-state index in [0.29, 0.717) is 0 Å². The van der Waals surface area contributed by atoms with Crippen molar-refractivity contribution in [1.29, 1.82) is 0 Å². The van der Waals surface area contributed by atoms with Crippen molar-refractivity contribution < 1.29 is 4.39 Å². The molecule has 0 spiro atoms. The van der Waals surface area contributed by atoms with E-state index < -0.39 is 0 Å². The van der Waals surface area contributed by atoms with Crippen LogP contribution in [0.4, 0.5) is 4.39 Å². The largest absolute Gasteiger partial charge is 0.271 e. The predicted molar refractivity (Wildman–Crippen MR) is 82.0 cm³/mol. The van der Waals surface area contributed by atoms with Crippen molar-refractivity contribution in [2.24, 2.45) is 5.84 Å². The quantitative estimate of drug-likeness (QED) is 0.572. The Labute approximate surface area is 122 Å². The second kappa shape index (κ2) is 5.60. The van der Waals surface area contributed by atoms with Gasteiger partial charge in [0.05, 0.1) is 11.6 Å². The Morgan fingerprint density at radius 3 is 2.71 bits per heavy atom. The SMILES string of the molecule is Cc1cc(F)cc(C(NN)c2ccnc3ccccc23)c1. The van der Waals surface area contributed by atoms with E-state index in [1.54, 1.807) is 6.20 Å². The third kappa shape index (κ3) is 2.63. The van der Waals surface area contributed by atoms with Crippen molar-refractivity contribution in [3.8, 4) is 0 Å². The lowest BCUT2D eigenvalue weighted by molar-refractivity contribution is 0.605. The second-order valence-corrected chi connectivity index (χ2v) is 5.08. The molecule has 0 saturated heterocycles. The summed E-state index contributed by atoms with van der Waals surface area (Å²) in [6.45, 7) is 1.87. The fraction of sp³-hybridized carbons (Fsp3) is 0.118. The average molecular weight is 281 g/mol. The molecule has 0 bridgehead atoms. The Morgan fingerprint density at radius 1 is 1.14 bits per heavy atom. The van der Waals surface area contributed by atoms with E-state index in [9.17, 15) is 4.39 Å². The number of benzene rings is 2. The van der Waals surface area contributed by atoms with E-state index in [2.05, 4.69) is 10.4 Å². The minimum Gasteiger partial charge on any atom is -0.271 e. The van der Waals surface area contributed by atoms with Crippen molar-refractivity contribution in [3.63, 3.8) is 0 Å². The highest BCUT2D eigenvalue weighted by molar-refractivity contribution is 5.82. The number of fused-ring (bicyclic) bond motifs is 1. The first-order valence-corrected chi connectivity index (χ1v) is 6.76. The van der Waals surface area contributed by atoms with Crippen molar-refractivity contribution in [2.45, 2.75) is 13.0 Å². The minimum absolute atomic E-state index is 0.261. The number of halogens is 1. The number of aryl methyl sites for hydroxylation is 1. The minimum atomic E-state index is -0.285. The number of nitrogens with one attached hydrogen (secondary N) is 1. The highest BCUT2D eigenvalue weighted by atomic mass is 19.1. The summed E-state index contributed by atoms with van der Waals surface area (Å²) in [6.07, 6.45) is 1.74. The Hall–Kier alpha value is -2.30.